The van der Waals surface area contributed by atoms with Crippen LogP contribution in [0.2, 0.25) is 0 Å². The van der Waals surface area contributed by atoms with E-state index in [9.17, 15) is 4.79 Å². The second-order valence-corrected chi connectivity index (χ2v) is 2.62. The lowest BCUT2D eigenvalue weighted by Crippen LogP contribution is -2.02. The summed E-state index contributed by atoms with van der Waals surface area (Å²) >= 11 is 0. The van der Waals surface area contributed by atoms with Crippen molar-refractivity contribution < 1.29 is 9.90 Å². The van der Waals surface area contributed by atoms with Gasteiger partial charge in [-0.2, -0.15) is 0 Å². The van der Waals surface area contributed by atoms with E-state index >= 15 is 0 Å². The summed E-state index contributed by atoms with van der Waals surface area (Å²) in [5.74, 6) is -1.06. The van der Waals surface area contributed by atoms with Crippen molar-refractivity contribution >= 4 is 22.7 Å². The first kappa shape index (κ1) is 8.36. The van der Waals surface area contributed by atoms with E-state index in [0.717, 1.165) is 0 Å². The molecule has 6 nitrogen and oxygen atoms in total. The molecule has 0 aliphatic carbocycles. The number of carbonyl (C=O) groups is 1. The highest BCUT2D eigenvalue weighted by molar-refractivity contribution is 6.13. The van der Waals surface area contributed by atoms with Crippen molar-refractivity contribution in [3.63, 3.8) is 0 Å². The van der Waals surface area contributed by atoms with Crippen molar-refractivity contribution in [2.75, 3.05) is 0 Å². The fourth-order valence-corrected chi connectivity index (χ4v) is 0.977. The number of nitrogens with one attached hydrogen (secondary N) is 1. The first-order valence-electron chi connectivity index (χ1n) is 3.77. The molecule has 0 saturated carbocycles. The molecule has 2 heterocycles. The van der Waals surface area contributed by atoms with Crippen molar-refractivity contribution in [2.24, 2.45) is 0 Å². The average Bonchev–Trinajstić information content (AvgIpc) is 2.62. The predicted octanol–water partition coefficient (Wildman–Crippen LogP) is 0.451. The number of carboxylic acids is 1. The number of aliphatic carboxylic acids is 1. The summed E-state index contributed by atoms with van der Waals surface area (Å²) in [7, 11) is 0. The summed E-state index contributed by atoms with van der Waals surface area (Å²) in [6, 6.07) is 0. The Kier molecular flexibility index (Phi) is 1.74. The maximum Gasteiger partial charge on any atom is 0.338 e. The van der Waals surface area contributed by atoms with Crippen LogP contribution in [0.4, 0.5) is 0 Å². The van der Waals surface area contributed by atoms with Crippen LogP contribution >= 0.6 is 0 Å². The Bertz CT molecular complexity index is 517. The van der Waals surface area contributed by atoms with Gasteiger partial charge < -0.3 is 10.1 Å². The van der Waals surface area contributed by atoms with Crippen LogP contribution in [0, 0.1) is 0 Å². The highest BCUT2D eigenvalue weighted by Gasteiger charge is 2.11. The third kappa shape index (κ3) is 1.22. The first-order valence-corrected chi connectivity index (χ1v) is 3.77. The van der Waals surface area contributed by atoms with Gasteiger partial charge in [0.1, 0.15) is 5.52 Å². The molecule has 0 radical (unpaired) electrons. The maximum absolute atomic E-state index is 10.6. The molecule has 70 valence electrons. The molecule has 0 saturated heterocycles. The molecular formula is C8H6N4O2. The molecule has 6 heteroatoms. The molecule has 0 atom stereocenters. The molecule has 0 unspecified atom stereocenters. The minimum Gasteiger partial charge on any atom is -0.478 e. The van der Waals surface area contributed by atoms with Gasteiger partial charge in [-0.25, -0.2) is 19.7 Å². The summed E-state index contributed by atoms with van der Waals surface area (Å²) in [4.78, 5) is 25.0. The summed E-state index contributed by atoms with van der Waals surface area (Å²) in [5, 5.41) is 8.65. The van der Waals surface area contributed by atoms with E-state index in [0.29, 0.717) is 11.2 Å². The van der Waals surface area contributed by atoms with Gasteiger partial charge in [-0.15, -0.1) is 0 Å². The number of imidazole rings is 1. The molecule has 0 spiro atoms. The van der Waals surface area contributed by atoms with E-state index in [1.54, 1.807) is 0 Å². The van der Waals surface area contributed by atoms with Crippen molar-refractivity contribution in [2.45, 2.75) is 0 Å². The van der Waals surface area contributed by atoms with Crippen LogP contribution < -0.4 is 0 Å². The molecule has 0 aliphatic heterocycles. The number of hydrogen-bond acceptors (Lipinski definition) is 4. The Hall–Kier alpha value is -2.24. The molecule has 14 heavy (non-hydrogen) atoms. The first-order chi connectivity index (χ1) is 6.68. The minimum atomic E-state index is -1.14. The molecular weight excluding hydrogens is 184 g/mol. The van der Waals surface area contributed by atoms with Crippen LogP contribution in [-0.2, 0) is 4.79 Å². The van der Waals surface area contributed by atoms with Gasteiger partial charge in [0, 0.05) is 0 Å². The predicted molar refractivity (Wildman–Crippen MR) is 48.4 cm³/mol. The van der Waals surface area contributed by atoms with Crippen LogP contribution in [0.15, 0.2) is 19.1 Å². The topological polar surface area (TPSA) is 91.8 Å². The normalized spacial score (nSPS) is 10.3. The quantitative estimate of drug-likeness (QED) is 0.671. The lowest BCUT2D eigenvalue weighted by Gasteiger charge is -1.96. The van der Waals surface area contributed by atoms with Crippen molar-refractivity contribution in [1.29, 1.82) is 0 Å². The largest absolute Gasteiger partial charge is 0.478 e. The molecule has 2 rings (SSSR count). The summed E-state index contributed by atoms with van der Waals surface area (Å²) in [5.41, 5.74) is 0.944. The Morgan fingerprint density at radius 1 is 1.50 bits per heavy atom. The van der Waals surface area contributed by atoms with Gasteiger partial charge in [0.05, 0.1) is 18.1 Å². The van der Waals surface area contributed by atoms with E-state index in [2.05, 4.69) is 26.5 Å². The number of hydrogen-bond donors (Lipinski definition) is 2. The van der Waals surface area contributed by atoms with Gasteiger partial charge in [-0.1, -0.05) is 6.58 Å². The summed E-state index contributed by atoms with van der Waals surface area (Å²) in [6.07, 6.45) is 2.94. The Balaban J connectivity index is 2.54. The molecule has 2 aromatic rings. The fraction of sp³-hybridized carbons (Fsp3) is 0. The molecule has 0 amide bonds. The zero-order valence-corrected chi connectivity index (χ0v) is 7.06. The van der Waals surface area contributed by atoms with E-state index in [4.69, 9.17) is 5.11 Å². The van der Waals surface area contributed by atoms with Gasteiger partial charge in [-0.05, 0) is 0 Å². The van der Waals surface area contributed by atoms with Crippen LogP contribution in [0.3, 0.4) is 0 Å². The lowest BCUT2D eigenvalue weighted by atomic mass is 10.3. The van der Waals surface area contributed by atoms with E-state index < -0.39 is 5.97 Å². The number of H-pyrrole nitrogens is 1. The van der Waals surface area contributed by atoms with Crippen LogP contribution in [0.25, 0.3) is 16.7 Å². The smallest absolute Gasteiger partial charge is 0.338 e. The number of nitrogens with zero attached hydrogens (tertiary/aromatic N) is 3. The highest BCUT2D eigenvalue weighted by Crippen LogP contribution is 2.10. The van der Waals surface area contributed by atoms with Gasteiger partial charge in [-0.3, -0.25) is 0 Å². The molecule has 0 aliphatic rings. The highest BCUT2D eigenvalue weighted by atomic mass is 16.4. The van der Waals surface area contributed by atoms with Gasteiger partial charge in [0.15, 0.2) is 11.5 Å². The van der Waals surface area contributed by atoms with Gasteiger partial charge >= 0.3 is 5.97 Å². The Morgan fingerprint density at radius 3 is 3.00 bits per heavy atom. The second kappa shape index (κ2) is 2.91. The minimum absolute atomic E-state index is 0.0806. The summed E-state index contributed by atoms with van der Waals surface area (Å²) in [6.45, 7) is 3.35. The van der Waals surface area contributed by atoms with Crippen molar-refractivity contribution in [1.82, 2.24) is 19.9 Å². The molecule has 2 aromatic heterocycles. The monoisotopic (exact) mass is 190 g/mol. The lowest BCUT2D eigenvalue weighted by molar-refractivity contribution is -0.130. The molecule has 0 fully saturated rings. The van der Waals surface area contributed by atoms with E-state index in [-0.39, 0.29) is 11.4 Å². The Labute approximate surface area is 78.3 Å². The third-order valence-corrected chi connectivity index (χ3v) is 1.70. The summed E-state index contributed by atoms with van der Waals surface area (Å²) < 4.78 is 0. The standard InChI is InChI=1S/C8H6N4O2/c1-4(8(13)14)6-9-2-5-7(12-6)11-3-10-5/h2-3H,1H2,(H,13,14)(H,9,10,11,12). The number of fused-ring (bicyclic) bond motifs is 1. The van der Waals surface area contributed by atoms with Crippen molar-refractivity contribution in [3.8, 4) is 0 Å². The number of carboxylic acid groups (broad SMARTS) is 1. The maximum atomic E-state index is 10.6. The molecule has 0 aromatic carbocycles. The van der Waals surface area contributed by atoms with E-state index in [1.807, 2.05) is 0 Å². The van der Waals surface area contributed by atoms with Crippen LogP contribution in [0.5, 0.6) is 0 Å². The zero-order valence-electron chi connectivity index (χ0n) is 7.06. The zero-order chi connectivity index (χ0) is 10.1. The van der Waals surface area contributed by atoms with Gasteiger partial charge in [0.2, 0.25) is 0 Å². The average molecular weight is 190 g/mol. The van der Waals surface area contributed by atoms with E-state index in [1.165, 1.54) is 12.5 Å². The van der Waals surface area contributed by atoms with Crippen LogP contribution in [-0.4, -0.2) is 31.0 Å². The molecule has 0 bridgehead atoms. The Morgan fingerprint density at radius 2 is 2.29 bits per heavy atom. The second-order valence-electron chi connectivity index (χ2n) is 2.62. The number of aromatic amines is 1. The van der Waals surface area contributed by atoms with Gasteiger partial charge in [0.25, 0.3) is 0 Å². The van der Waals surface area contributed by atoms with Crippen molar-refractivity contribution in [3.05, 3.63) is 24.9 Å². The number of rotatable bonds is 2. The number of aromatic nitrogens is 4. The van der Waals surface area contributed by atoms with Crippen LogP contribution in [0.1, 0.15) is 5.82 Å². The molecule has 2 N–H and O–H groups in total. The SMILES string of the molecule is C=C(C(=O)O)c1ncc2[nH]cnc2n1. The fourth-order valence-electron chi connectivity index (χ4n) is 0.977. The third-order valence-electron chi connectivity index (χ3n) is 1.70.